The zero-order valence-electron chi connectivity index (χ0n) is 14.8. The van der Waals surface area contributed by atoms with Gasteiger partial charge in [-0.3, -0.25) is 4.79 Å². The number of hydrogen-bond acceptors (Lipinski definition) is 3. The maximum absolute atomic E-state index is 12.4. The highest BCUT2D eigenvalue weighted by Gasteiger charge is 2.20. The van der Waals surface area contributed by atoms with Gasteiger partial charge in [-0.05, 0) is 43.5 Å². The maximum Gasteiger partial charge on any atom is 0.242 e. The van der Waals surface area contributed by atoms with Crippen molar-refractivity contribution >= 4 is 21.6 Å². The van der Waals surface area contributed by atoms with Crippen molar-refractivity contribution in [2.75, 3.05) is 18.9 Å². The van der Waals surface area contributed by atoms with Gasteiger partial charge in [0.15, 0.2) is 0 Å². The molecular formula is C19H24N2O3S. The second kappa shape index (κ2) is 8.27. The lowest BCUT2D eigenvalue weighted by atomic mass is 10.1. The first-order valence-corrected chi connectivity index (χ1v) is 9.64. The van der Waals surface area contributed by atoms with Gasteiger partial charge >= 0.3 is 0 Å². The molecule has 0 saturated heterocycles. The van der Waals surface area contributed by atoms with Crippen LogP contribution < -0.4 is 5.32 Å². The van der Waals surface area contributed by atoms with Crippen molar-refractivity contribution in [1.29, 1.82) is 0 Å². The van der Waals surface area contributed by atoms with Gasteiger partial charge in [0.2, 0.25) is 15.9 Å². The topological polar surface area (TPSA) is 66.5 Å². The molecule has 5 nitrogen and oxygen atoms in total. The fraction of sp³-hybridized carbons (Fsp3) is 0.316. The summed E-state index contributed by atoms with van der Waals surface area (Å²) in [7, 11) is -1.97. The lowest BCUT2D eigenvalue weighted by molar-refractivity contribution is -0.116. The van der Waals surface area contributed by atoms with Crippen molar-refractivity contribution in [3.63, 3.8) is 0 Å². The van der Waals surface area contributed by atoms with Gasteiger partial charge in [0.1, 0.15) is 0 Å². The number of rotatable bonds is 7. The SMILES string of the molecule is Cc1cccc(C)c1NC(=O)CCCN(C)S(=O)(=O)c1ccccc1. The van der Waals surface area contributed by atoms with E-state index in [0.717, 1.165) is 16.8 Å². The van der Waals surface area contributed by atoms with E-state index < -0.39 is 10.0 Å². The van der Waals surface area contributed by atoms with Gasteiger partial charge < -0.3 is 5.32 Å². The minimum atomic E-state index is -3.51. The number of aryl methyl sites for hydroxylation is 2. The summed E-state index contributed by atoms with van der Waals surface area (Å²) in [6, 6.07) is 14.1. The van der Waals surface area contributed by atoms with Crippen LogP contribution in [0.2, 0.25) is 0 Å². The van der Waals surface area contributed by atoms with Crippen LogP contribution in [-0.2, 0) is 14.8 Å². The summed E-state index contributed by atoms with van der Waals surface area (Å²) in [5.41, 5.74) is 2.85. The second-order valence-electron chi connectivity index (χ2n) is 6.06. The minimum Gasteiger partial charge on any atom is -0.326 e. The van der Waals surface area contributed by atoms with Gasteiger partial charge in [0, 0.05) is 25.7 Å². The molecule has 2 aromatic rings. The summed E-state index contributed by atoms with van der Waals surface area (Å²) >= 11 is 0. The molecular weight excluding hydrogens is 336 g/mol. The summed E-state index contributed by atoms with van der Waals surface area (Å²) < 4.78 is 26.1. The maximum atomic E-state index is 12.4. The monoisotopic (exact) mass is 360 g/mol. The zero-order valence-corrected chi connectivity index (χ0v) is 15.6. The van der Waals surface area contributed by atoms with E-state index in [4.69, 9.17) is 0 Å². The molecule has 25 heavy (non-hydrogen) atoms. The van der Waals surface area contributed by atoms with Gasteiger partial charge in [0.25, 0.3) is 0 Å². The van der Waals surface area contributed by atoms with Crippen molar-refractivity contribution in [1.82, 2.24) is 4.31 Å². The molecule has 0 unspecified atom stereocenters. The Morgan fingerprint density at radius 1 is 1.00 bits per heavy atom. The molecule has 0 aliphatic carbocycles. The van der Waals surface area contributed by atoms with E-state index in [9.17, 15) is 13.2 Å². The molecule has 0 fully saturated rings. The van der Waals surface area contributed by atoms with E-state index in [1.54, 1.807) is 30.3 Å². The van der Waals surface area contributed by atoms with E-state index in [2.05, 4.69) is 5.32 Å². The first-order valence-electron chi connectivity index (χ1n) is 8.20. The summed E-state index contributed by atoms with van der Waals surface area (Å²) in [5.74, 6) is -0.108. The van der Waals surface area contributed by atoms with Crippen molar-refractivity contribution < 1.29 is 13.2 Å². The minimum absolute atomic E-state index is 0.108. The standard InChI is InChI=1S/C19H24N2O3S/c1-15-9-7-10-16(2)19(15)20-18(22)13-8-14-21(3)25(23,24)17-11-5-4-6-12-17/h4-7,9-12H,8,13-14H2,1-3H3,(H,20,22). The Morgan fingerprint density at radius 2 is 1.60 bits per heavy atom. The number of benzene rings is 2. The van der Waals surface area contributed by atoms with Gasteiger partial charge in [-0.15, -0.1) is 0 Å². The number of nitrogens with zero attached hydrogens (tertiary/aromatic N) is 1. The molecule has 1 N–H and O–H groups in total. The predicted octanol–water partition coefficient (Wildman–Crippen LogP) is 3.34. The Kier molecular flexibility index (Phi) is 6.33. The largest absolute Gasteiger partial charge is 0.326 e. The van der Waals surface area contributed by atoms with Crippen LogP contribution in [0.5, 0.6) is 0 Å². The quantitative estimate of drug-likeness (QED) is 0.823. The summed E-state index contributed by atoms with van der Waals surface area (Å²) in [6.45, 7) is 4.18. The predicted molar refractivity (Wildman–Crippen MR) is 100 cm³/mol. The highest BCUT2D eigenvalue weighted by atomic mass is 32.2. The lowest BCUT2D eigenvalue weighted by Gasteiger charge is -2.17. The highest BCUT2D eigenvalue weighted by Crippen LogP contribution is 2.20. The smallest absolute Gasteiger partial charge is 0.242 e. The van der Waals surface area contributed by atoms with Crippen LogP contribution >= 0.6 is 0 Å². The fourth-order valence-corrected chi connectivity index (χ4v) is 3.80. The molecule has 0 heterocycles. The van der Waals surface area contributed by atoms with Crippen molar-refractivity contribution in [3.8, 4) is 0 Å². The van der Waals surface area contributed by atoms with Crippen LogP contribution in [0.25, 0.3) is 0 Å². The van der Waals surface area contributed by atoms with Crippen molar-refractivity contribution in [3.05, 3.63) is 59.7 Å². The van der Waals surface area contributed by atoms with E-state index in [1.165, 1.54) is 11.4 Å². The highest BCUT2D eigenvalue weighted by molar-refractivity contribution is 7.89. The molecule has 0 aliphatic heterocycles. The Hall–Kier alpha value is -2.18. The third-order valence-electron chi connectivity index (χ3n) is 4.07. The average Bonchev–Trinajstić information content (AvgIpc) is 2.59. The molecule has 0 atom stereocenters. The Balaban J connectivity index is 1.89. The molecule has 0 spiro atoms. The molecule has 0 bridgehead atoms. The van der Waals surface area contributed by atoms with Crippen LogP contribution in [0.15, 0.2) is 53.4 Å². The number of para-hydroxylation sites is 1. The second-order valence-corrected chi connectivity index (χ2v) is 8.10. The lowest BCUT2D eigenvalue weighted by Crippen LogP contribution is -2.28. The molecule has 1 amide bonds. The van der Waals surface area contributed by atoms with Crippen LogP contribution in [0.4, 0.5) is 5.69 Å². The normalized spacial score (nSPS) is 11.5. The molecule has 0 saturated carbocycles. The van der Waals surface area contributed by atoms with E-state index in [1.807, 2.05) is 32.0 Å². The van der Waals surface area contributed by atoms with E-state index >= 15 is 0 Å². The van der Waals surface area contributed by atoms with E-state index in [0.29, 0.717) is 6.42 Å². The molecule has 6 heteroatoms. The number of anilines is 1. The first kappa shape index (κ1) is 19.1. The van der Waals surface area contributed by atoms with Crippen molar-refractivity contribution in [2.45, 2.75) is 31.6 Å². The number of nitrogens with one attached hydrogen (secondary N) is 1. The van der Waals surface area contributed by atoms with Gasteiger partial charge in [-0.2, -0.15) is 0 Å². The fourth-order valence-electron chi connectivity index (χ4n) is 2.57. The Bertz CT molecular complexity index is 813. The summed E-state index contributed by atoms with van der Waals surface area (Å²) in [4.78, 5) is 12.4. The first-order chi connectivity index (χ1) is 11.8. The van der Waals surface area contributed by atoms with Crippen LogP contribution in [0.3, 0.4) is 0 Å². The van der Waals surface area contributed by atoms with Crippen LogP contribution in [0, 0.1) is 13.8 Å². The van der Waals surface area contributed by atoms with Gasteiger partial charge in [-0.1, -0.05) is 36.4 Å². The Morgan fingerprint density at radius 3 is 2.20 bits per heavy atom. The Labute approximate surface area is 149 Å². The number of hydrogen-bond donors (Lipinski definition) is 1. The summed E-state index contributed by atoms with van der Waals surface area (Å²) in [6.07, 6.45) is 0.724. The third-order valence-corrected chi connectivity index (χ3v) is 5.94. The van der Waals surface area contributed by atoms with Gasteiger partial charge in [-0.25, -0.2) is 12.7 Å². The molecule has 0 aliphatic rings. The molecule has 2 rings (SSSR count). The van der Waals surface area contributed by atoms with Crippen LogP contribution in [0.1, 0.15) is 24.0 Å². The molecule has 0 aromatic heterocycles. The number of amides is 1. The average molecular weight is 360 g/mol. The molecule has 2 aromatic carbocycles. The van der Waals surface area contributed by atoms with Crippen LogP contribution in [-0.4, -0.2) is 32.2 Å². The van der Waals surface area contributed by atoms with Gasteiger partial charge in [0.05, 0.1) is 4.90 Å². The zero-order chi connectivity index (χ0) is 18.4. The van der Waals surface area contributed by atoms with E-state index in [-0.39, 0.29) is 23.8 Å². The number of carbonyl (C=O) groups excluding carboxylic acids is 1. The third kappa shape index (κ3) is 4.90. The number of sulfonamides is 1. The molecule has 0 radical (unpaired) electrons. The molecule has 134 valence electrons. The summed E-state index contributed by atoms with van der Waals surface area (Å²) in [5, 5.41) is 2.92. The van der Waals surface area contributed by atoms with Crippen molar-refractivity contribution in [2.24, 2.45) is 0 Å². The number of carbonyl (C=O) groups is 1.